The molecule has 3 heteroatoms. The van der Waals surface area contributed by atoms with Crippen molar-refractivity contribution in [3.63, 3.8) is 0 Å². The molecule has 0 bridgehead atoms. The molecule has 16 heavy (non-hydrogen) atoms. The van der Waals surface area contributed by atoms with Crippen LogP contribution in [-0.2, 0) is 4.79 Å². The third-order valence-corrected chi connectivity index (χ3v) is 4.32. The summed E-state index contributed by atoms with van der Waals surface area (Å²) in [5.41, 5.74) is 5.84. The largest absolute Gasteiger partial charge is 0.353 e. The van der Waals surface area contributed by atoms with Gasteiger partial charge in [-0.25, -0.2) is 0 Å². The second-order valence-corrected chi connectivity index (χ2v) is 5.61. The highest BCUT2D eigenvalue weighted by Crippen LogP contribution is 2.29. The molecule has 0 aromatic rings. The summed E-state index contributed by atoms with van der Waals surface area (Å²) in [5, 5.41) is 3.19. The molecule has 0 spiro atoms. The molecule has 0 heterocycles. The maximum absolute atomic E-state index is 12.0. The van der Waals surface area contributed by atoms with Gasteiger partial charge < -0.3 is 11.1 Å². The molecular formula is C13H24N2O. The van der Waals surface area contributed by atoms with Gasteiger partial charge in [0.2, 0.25) is 5.91 Å². The van der Waals surface area contributed by atoms with E-state index in [1.807, 2.05) is 0 Å². The normalized spacial score (nSPS) is 32.9. The monoisotopic (exact) mass is 224 g/mol. The molecule has 2 saturated carbocycles. The van der Waals surface area contributed by atoms with E-state index in [-0.39, 0.29) is 17.9 Å². The third kappa shape index (κ3) is 2.76. The van der Waals surface area contributed by atoms with E-state index in [0.717, 1.165) is 19.3 Å². The highest BCUT2D eigenvalue weighted by Gasteiger charge is 2.30. The number of carbonyl (C=O) groups is 1. The second kappa shape index (κ2) is 5.17. The van der Waals surface area contributed by atoms with Crippen LogP contribution in [-0.4, -0.2) is 18.0 Å². The van der Waals surface area contributed by atoms with E-state index in [0.29, 0.717) is 12.0 Å². The van der Waals surface area contributed by atoms with Crippen molar-refractivity contribution in [2.75, 3.05) is 0 Å². The average molecular weight is 224 g/mol. The first-order valence-electron chi connectivity index (χ1n) is 6.72. The third-order valence-electron chi connectivity index (χ3n) is 4.32. The predicted molar refractivity (Wildman–Crippen MR) is 64.9 cm³/mol. The quantitative estimate of drug-likeness (QED) is 0.768. The van der Waals surface area contributed by atoms with Crippen molar-refractivity contribution in [1.82, 2.24) is 5.32 Å². The molecule has 3 N–H and O–H groups in total. The highest BCUT2D eigenvalue weighted by atomic mass is 16.1. The van der Waals surface area contributed by atoms with Crippen LogP contribution in [0.4, 0.5) is 0 Å². The number of amides is 1. The smallest absolute Gasteiger partial charge is 0.223 e. The lowest BCUT2D eigenvalue weighted by Gasteiger charge is -2.22. The minimum absolute atomic E-state index is 0.179. The SMILES string of the molecule is CC(NC(=O)C1CCC(N)C1)C1CCCC1. The molecule has 2 aliphatic rings. The maximum atomic E-state index is 12.0. The average Bonchev–Trinajstić information content (AvgIpc) is 2.87. The lowest BCUT2D eigenvalue weighted by molar-refractivity contribution is -0.125. The molecule has 2 rings (SSSR count). The van der Waals surface area contributed by atoms with Gasteiger partial charge in [0.05, 0.1) is 0 Å². The summed E-state index contributed by atoms with van der Waals surface area (Å²) in [6.07, 6.45) is 8.10. The van der Waals surface area contributed by atoms with Crippen LogP contribution in [0.5, 0.6) is 0 Å². The van der Waals surface area contributed by atoms with Crippen LogP contribution >= 0.6 is 0 Å². The Balaban J connectivity index is 1.77. The summed E-state index contributed by atoms with van der Waals surface area (Å²) in [7, 11) is 0. The number of hydrogen-bond acceptors (Lipinski definition) is 2. The first kappa shape index (κ1) is 11.9. The number of carbonyl (C=O) groups excluding carboxylic acids is 1. The summed E-state index contributed by atoms with van der Waals surface area (Å²) in [6.45, 7) is 2.16. The Morgan fingerprint density at radius 3 is 2.50 bits per heavy atom. The second-order valence-electron chi connectivity index (χ2n) is 5.61. The molecule has 0 aromatic carbocycles. The van der Waals surface area contributed by atoms with E-state index in [2.05, 4.69) is 12.2 Å². The molecule has 3 unspecified atom stereocenters. The Morgan fingerprint density at radius 2 is 1.94 bits per heavy atom. The molecule has 0 aromatic heterocycles. The van der Waals surface area contributed by atoms with Crippen LogP contribution in [0.1, 0.15) is 51.9 Å². The lowest BCUT2D eigenvalue weighted by Crippen LogP contribution is -2.40. The zero-order valence-corrected chi connectivity index (χ0v) is 10.2. The van der Waals surface area contributed by atoms with Crippen LogP contribution in [0.3, 0.4) is 0 Å². The molecule has 0 aliphatic heterocycles. The molecule has 3 atom stereocenters. The Bertz CT molecular complexity index is 248. The number of nitrogens with one attached hydrogen (secondary N) is 1. The van der Waals surface area contributed by atoms with E-state index in [9.17, 15) is 4.79 Å². The van der Waals surface area contributed by atoms with Crippen molar-refractivity contribution in [2.24, 2.45) is 17.6 Å². The minimum Gasteiger partial charge on any atom is -0.353 e. The van der Waals surface area contributed by atoms with Gasteiger partial charge in [0.15, 0.2) is 0 Å². The van der Waals surface area contributed by atoms with Gasteiger partial charge >= 0.3 is 0 Å². The molecule has 1 amide bonds. The van der Waals surface area contributed by atoms with Gasteiger partial charge in [0.25, 0.3) is 0 Å². The van der Waals surface area contributed by atoms with Gasteiger partial charge in [-0.05, 0) is 44.9 Å². The predicted octanol–water partition coefficient (Wildman–Crippen LogP) is 1.81. The maximum Gasteiger partial charge on any atom is 0.223 e. The molecule has 3 nitrogen and oxygen atoms in total. The summed E-state index contributed by atoms with van der Waals surface area (Å²) >= 11 is 0. The van der Waals surface area contributed by atoms with Crippen LogP contribution in [0.2, 0.25) is 0 Å². The number of nitrogens with two attached hydrogens (primary N) is 1. The molecular weight excluding hydrogens is 200 g/mol. The van der Waals surface area contributed by atoms with Crippen molar-refractivity contribution in [3.05, 3.63) is 0 Å². The molecule has 92 valence electrons. The molecule has 2 aliphatic carbocycles. The van der Waals surface area contributed by atoms with Crippen molar-refractivity contribution in [3.8, 4) is 0 Å². The van der Waals surface area contributed by atoms with Crippen molar-refractivity contribution < 1.29 is 4.79 Å². The van der Waals surface area contributed by atoms with Crippen LogP contribution in [0.15, 0.2) is 0 Å². The fourth-order valence-electron chi connectivity index (χ4n) is 3.17. The van der Waals surface area contributed by atoms with Crippen molar-refractivity contribution in [2.45, 2.75) is 64.0 Å². The van der Waals surface area contributed by atoms with Gasteiger partial charge in [0.1, 0.15) is 0 Å². The fourth-order valence-corrected chi connectivity index (χ4v) is 3.17. The van der Waals surface area contributed by atoms with Crippen LogP contribution in [0.25, 0.3) is 0 Å². The van der Waals surface area contributed by atoms with E-state index in [1.54, 1.807) is 0 Å². The van der Waals surface area contributed by atoms with E-state index in [4.69, 9.17) is 5.73 Å². The van der Waals surface area contributed by atoms with Crippen LogP contribution in [0, 0.1) is 11.8 Å². The Hall–Kier alpha value is -0.570. The zero-order valence-electron chi connectivity index (χ0n) is 10.2. The standard InChI is InChI=1S/C13H24N2O/c1-9(10-4-2-3-5-10)15-13(16)11-6-7-12(14)8-11/h9-12H,2-8,14H2,1H3,(H,15,16). The first-order valence-corrected chi connectivity index (χ1v) is 6.72. The van der Waals surface area contributed by atoms with Gasteiger partial charge in [-0.15, -0.1) is 0 Å². The lowest BCUT2D eigenvalue weighted by atomic mass is 9.98. The molecule has 2 fully saturated rings. The van der Waals surface area contributed by atoms with Crippen molar-refractivity contribution in [1.29, 1.82) is 0 Å². The van der Waals surface area contributed by atoms with Gasteiger partial charge in [-0.2, -0.15) is 0 Å². The van der Waals surface area contributed by atoms with Gasteiger partial charge in [-0.3, -0.25) is 4.79 Å². The zero-order chi connectivity index (χ0) is 11.5. The van der Waals surface area contributed by atoms with Gasteiger partial charge in [-0.1, -0.05) is 12.8 Å². The summed E-state index contributed by atoms with van der Waals surface area (Å²) in [5.74, 6) is 1.13. The highest BCUT2D eigenvalue weighted by molar-refractivity contribution is 5.79. The Morgan fingerprint density at radius 1 is 1.25 bits per heavy atom. The summed E-state index contributed by atoms with van der Waals surface area (Å²) < 4.78 is 0. The van der Waals surface area contributed by atoms with Crippen molar-refractivity contribution >= 4 is 5.91 Å². The van der Waals surface area contributed by atoms with E-state index >= 15 is 0 Å². The number of rotatable bonds is 3. The number of hydrogen-bond donors (Lipinski definition) is 2. The molecule has 0 saturated heterocycles. The first-order chi connectivity index (χ1) is 7.66. The Labute approximate surface area is 98.2 Å². The molecule has 0 radical (unpaired) electrons. The van der Waals surface area contributed by atoms with E-state index in [1.165, 1.54) is 25.7 Å². The van der Waals surface area contributed by atoms with Crippen LogP contribution < -0.4 is 11.1 Å². The summed E-state index contributed by atoms with van der Waals surface area (Å²) in [6, 6.07) is 0.601. The summed E-state index contributed by atoms with van der Waals surface area (Å²) in [4.78, 5) is 12.0. The minimum atomic E-state index is 0.179. The fraction of sp³-hybridized carbons (Fsp3) is 0.923. The Kier molecular flexibility index (Phi) is 3.85. The van der Waals surface area contributed by atoms with E-state index < -0.39 is 0 Å². The topological polar surface area (TPSA) is 55.1 Å². The van der Waals surface area contributed by atoms with Gasteiger partial charge in [0, 0.05) is 18.0 Å².